The van der Waals surface area contributed by atoms with Crippen molar-refractivity contribution < 1.29 is 24.9 Å². The average molecular weight is 289 g/mol. The lowest BCUT2D eigenvalue weighted by Gasteiger charge is -2.25. The molecule has 0 bridgehead atoms. The second kappa shape index (κ2) is 5.32. The molecule has 1 unspecified atom stereocenters. The quantitative estimate of drug-likeness (QED) is 0.731. The van der Waals surface area contributed by atoms with Gasteiger partial charge in [-0.25, -0.2) is 0 Å². The molecule has 6 heteroatoms. The van der Waals surface area contributed by atoms with Gasteiger partial charge in [0.2, 0.25) is 0 Å². The first-order valence-corrected chi connectivity index (χ1v) is 6.26. The largest absolute Gasteiger partial charge is 0.508 e. The summed E-state index contributed by atoms with van der Waals surface area (Å²) in [4.78, 5) is 25.0. The zero-order valence-corrected chi connectivity index (χ0v) is 11.4. The number of aliphatic hydroxyl groups is 1. The van der Waals surface area contributed by atoms with Crippen molar-refractivity contribution in [3.63, 3.8) is 0 Å². The summed E-state index contributed by atoms with van der Waals surface area (Å²) in [6.45, 7) is 4.88. The molecule has 0 aromatic heterocycles. The Morgan fingerprint density at radius 2 is 2.05 bits per heavy atom. The van der Waals surface area contributed by atoms with E-state index in [0.717, 1.165) is 6.07 Å². The Labute approximate surface area is 121 Å². The third kappa shape index (κ3) is 2.35. The molecule has 1 aliphatic rings. The molecular formula is C15H15NO5. The van der Waals surface area contributed by atoms with Crippen molar-refractivity contribution in [1.82, 2.24) is 4.90 Å². The summed E-state index contributed by atoms with van der Waals surface area (Å²) in [6, 6.07) is 2.94. The Morgan fingerprint density at radius 3 is 2.57 bits per heavy atom. The van der Waals surface area contributed by atoms with E-state index in [4.69, 9.17) is 0 Å². The van der Waals surface area contributed by atoms with Crippen LogP contribution in [0.1, 0.15) is 18.5 Å². The molecule has 0 radical (unpaired) electrons. The monoisotopic (exact) mass is 289 g/mol. The number of phenolic OH excluding ortho intramolecular Hbond substituents is 2. The fraction of sp³-hybridized carbons (Fsp3) is 0.200. The van der Waals surface area contributed by atoms with E-state index in [1.165, 1.54) is 30.0 Å². The highest BCUT2D eigenvalue weighted by atomic mass is 16.3. The Hall–Kier alpha value is -2.76. The first-order valence-electron chi connectivity index (χ1n) is 6.26. The molecule has 3 N–H and O–H groups in total. The van der Waals surface area contributed by atoms with Crippen LogP contribution >= 0.6 is 0 Å². The second-order valence-electron chi connectivity index (χ2n) is 4.71. The minimum absolute atomic E-state index is 0.0807. The van der Waals surface area contributed by atoms with Crippen LogP contribution in [-0.4, -0.2) is 38.5 Å². The van der Waals surface area contributed by atoms with Gasteiger partial charge in [0.25, 0.3) is 5.91 Å². The summed E-state index contributed by atoms with van der Waals surface area (Å²) in [5.41, 5.74) is 0.167. The van der Waals surface area contributed by atoms with Crippen molar-refractivity contribution in [1.29, 1.82) is 0 Å². The number of benzene rings is 1. The number of aliphatic hydroxyl groups excluding tert-OH is 1. The normalized spacial score (nSPS) is 18.2. The number of nitrogens with zero attached hydrogens (tertiary/aromatic N) is 1. The first kappa shape index (κ1) is 14.6. The topological polar surface area (TPSA) is 98.1 Å². The Bertz CT molecular complexity index is 662. The predicted octanol–water partition coefficient (Wildman–Crippen LogP) is 1.57. The summed E-state index contributed by atoms with van der Waals surface area (Å²) in [5.74, 6) is -2.20. The molecule has 1 heterocycles. The lowest BCUT2D eigenvalue weighted by Crippen LogP contribution is -2.31. The van der Waals surface area contributed by atoms with Crippen LogP contribution in [0.25, 0.3) is 0 Å². The number of hydrogen-bond acceptors (Lipinski definition) is 5. The highest BCUT2D eigenvalue weighted by molar-refractivity contribution is 6.08. The first-order chi connectivity index (χ1) is 9.88. The number of carbonyl (C=O) groups is 2. The van der Waals surface area contributed by atoms with Crippen molar-refractivity contribution in [2.24, 2.45) is 0 Å². The van der Waals surface area contributed by atoms with Gasteiger partial charge in [-0.3, -0.25) is 9.59 Å². The average Bonchev–Trinajstić information content (AvgIpc) is 2.64. The Kier molecular flexibility index (Phi) is 3.71. The molecule has 1 atom stereocenters. The number of Topliss-reactive ketones (excluding diaryl/α,β-unsaturated/α-hetero) is 1. The van der Waals surface area contributed by atoms with E-state index in [1.807, 2.05) is 0 Å². The fourth-order valence-corrected chi connectivity index (χ4v) is 2.43. The Morgan fingerprint density at radius 1 is 1.38 bits per heavy atom. The lowest BCUT2D eigenvalue weighted by atomic mass is 9.96. The molecule has 110 valence electrons. The number of ketones is 1. The molecule has 2 rings (SSSR count). The summed E-state index contributed by atoms with van der Waals surface area (Å²) in [7, 11) is 0. The molecule has 0 spiro atoms. The minimum Gasteiger partial charge on any atom is -0.508 e. The predicted molar refractivity (Wildman–Crippen MR) is 74.8 cm³/mol. The minimum atomic E-state index is -0.909. The summed E-state index contributed by atoms with van der Waals surface area (Å²) in [5, 5.41) is 29.2. The molecule has 0 fully saturated rings. The maximum Gasteiger partial charge on any atom is 0.290 e. The molecule has 1 amide bonds. The van der Waals surface area contributed by atoms with Gasteiger partial charge in [-0.05, 0) is 19.1 Å². The number of aromatic hydroxyl groups is 2. The van der Waals surface area contributed by atoms with Crippen LogP contribution in [0.2, 0.25) is 0 Å². The SMILES string of the molecule is C=CCN1C(=O)C(O)=C(C(C)=O)C1c1ccc(O)cc1O. The molecule has 1 aromatic carbocycles. The zero-order valence-electron chi connectivity index (χ0n) is 11.4. The van der Waals surface area contributed by atoms with E-state index in [1.54, 1.807) is 0 Å². The van der Waals surface area contributed by atoms with Gasteiger partial charge in [0.05, 0.1) is 11.6 Å². The van der Waals surface area contributed by atoms with Gasteiger partial charge in [-0.1, -0.05) is 6.08 Å². The number of amides is 1. The van der Waals surface area contributed by atoms with Crippen molar-refractivity contribution in [3.8, 4) is 11.5 Å². The third-order valence-electron chi connectivity index (χ3n) is 3.32. The lowest BCUT2D eigenvalue weighted by molar-refractivity contribution is -0.128. The van der Waals surface area contributed by atoms with E-state index >= 15 is 0 Å². The van der Waals surface area contributed by atoms with Gasteiger partial charge >= 0.3 is 0 Å². The van der Waals surface area contributed by atoms with E-state index < -0.39 is 23.5 Å². The number of rotatable bonds is 4. The molecule has 21 heavy (non-hydrogen) atoms. The van der Waals surface area contributed by atoms with Crippen LogP contribution in [0.3, 0.4) is 0 Å². The van der Waals surface area contributed by atoms with Crippen LogP contribution in [0.5, 0.6) is 11.5 Å². The molecule has 1 aliphatic heterocycles. The summed E-state index contributed by atoms with van der Waals surface area (Å²) >= 11 is 0. The van der Waals surface area contributed by atoms with Crippen molar-refractivity contribution in [3.05, 3.63) is 47.7 Å². The van der Waals surface area contributed by atoms with Gasteiger partial charge in [0.15, 0.2) is 11.5 Å². The molecule has 0 aliphatic carbocycles. The summed E-state index contributed by atoms with van der Waals surface area (Å²) < 4.78 is 0. The van der Waals surface area contributed by atoms with E-state index in [2.05, 4.69) is 6.58 Å². The van der Waals surface area contributed by atoms with Gasteiger partial charge < -0.3 is 20.2 Å². The Balaban J connectivity index is 2.62. The standard InChI is InChI=1S/C15H15NO5/c1-3-6-16-13(10-5-4-9(18)7-11(10)19)12(8(2)17)14(20)15(16)21/h3-5,7,13,18-20H,1,6H2,2H3. The van der Waals surface area contributed by atoms with E-state index in [9.17, 15) is 24.9 Å². The molecule has 0 saturated heterocycles. The van der Waals surface area contributed by atoms with Gasteiger partial charge in [0, 0.05) is 18.2 Å². The van der Waals surface area contributed by atoms with Gasteiger partial charge in [-0.15, -0.1) is 6.58 Å². The maximum absolute atomic E-state index is 12.1. The van der Waals surface area contributed by atoms with Crippen LogP contribution in [0.4, 0.5) is 0 Å². The van der Waals surface area contributed by atoms with Crippen LogP contribution < -0.4 is 0 Å². The van der Waals surface area contributed by atoms with Crippen molar-refractivity contribution in [2.45, 2.75) is 13.0 Å². The van der Waals surface area contributed by atoms with Crippen molar-refractivity contribution >= 4 is 11.7 Å². The van der Waals surface area contributed by atoms with Crippen LogP contribution in [0, 0.1) is 0 Å². The number of phenols is 2. The highest BCUT2D eigenvalue weighted by Gasteiger charge is 2.42. The highest BCUT2D eigenvalue weighted by Crippen LogP contribution is 2.41. The zero-order chi connectivity index (χ0) is 15.7. The second-order valence-corrected chi connectivity index (χ2v) is 4.71. The van der Waals surface area contributed by atoms with E-state index in [-0.39, 0.29) is 29.2 Å². The smallest absolute Gasteiger partial charge is 0.290 e. The van der Waals surface area contributed by atoms with Crippen LogP contribution in [0.15, 0.2) is 42.2 Å². The molecule has 0 saturated carbocycles. The van der Waals surface area contributed by atoms with E-state index in [0.29, 0.717) is 0 Å². The fourth-order valence-electron chi connectivity index (χ4n) is 2.43. The maximum atomic E-state index is 12.1. The third-order valence-corrected chi connectivity index (χ3v) is 3.32. The molecule has 1 aromatic rings. The van der Waals surface area contributed by atoms with Crippen molar-refractivity contribution in [2.75, 3.05) is 6.54 Å². The molecule has 6 nitrogen and oxygen atoms in total. The molecular weight excluding hydrogens is 274 g/mol. The van der Waals surface area contributed by atoms with Gasteiger partial charge in [0.1, 0.15) is 11.5 Å². The van der Waals surface area contributed by atoms with Gasteiger partial charge in [-0.2, -0.15) is 0 Å². The summed E-state index contributed by atoms with van der Waals surface area (Å²) in [6.07, 6.45) is 1.46. The number of hydrogen-bond donors (Lipinski definition) is 3. The number of carbonyl (C=O) groups excluding carboxylic acids is 2. The van der Waals surface area contributed by atoms with Crippen LogP contribution in [-0.2, 0) is 9.59 Å².